The molecule has 0 aliphatic rings. The van der Waals surface area contributed by atoms with Gasteiger partial charge in [-0.3, -0.25) is 0 Å². The van der Waals surface area contributed by atoms with E-state index in [0.717, 1.165) is 15.1 Å². The Morgan fingerprint density at radius 2 is 2.22 bits per heavy atom. The molecule has 1 atom stereocenters. The van der Waals surface area contributed by atoms with Crippen molar-refractivity contribution in [1.29, 1.82) is 0 Å². The summed E-state index contributed by atoms with van der Waals surface area (Å²) in [7, 11) is 0. The van der Waals surface area contributed by atoms with E-state index in [1.807, 2.05) is 19.9 Å². The summed E-state index contributed by atoms with van der Waals surface area (Å²) in [5.41, 5.74) is 4.93. The molecule has 4 N–H and O–H groups in total. The van der Waals surface area contributed by atoms with Gasteiger partial charge in [0.25, 0.3) is 0 Å². The van der Waals surface area contributed by atoms with Crippen LogP contribution in [0.1, 0.15) is 25.1 Å². The molecule has 6 heteroatoms. The van der Waals surface area contributed by atoms with E-state index in [2.05, 4.69) is 15.3 Å². The van der Waals surface area contributed by atoms with Crippen molar-refractivity contribution in [3.63, 3.8) is 0 Å². The van der Waals surface area contributed by atoms with Gasteiger partial charge in [-0.2, -0.15) is 4.98 Å². The highest BCUT2D eigenvalue weighted by atomic mass is 32.1. The van der Waals surface area contributed by atoms with Crippen LogP contribution in [0.25, 0.3) is 10.2 Å². The Kier molecular flexibility index (Phi) is 3.41. The predicted octanol–water partition coefficient (Wildman–Crippen LogP) is 2.15. The molecule has 1 unspecified atom stereocenters. The first-order valence-corrected chi connectivity index (χ1v) is 6.73. The van der Waals surface area contributed by atoms with Crippen LogP contribution in [0, 0.1) is 6.92 Å². The van der Waals surface area contributed by atoms with Gasteiger partial charge in [-0.15, -0.1) is 11.3 Å². The molecule has 2 rings (SSSR count). The molecule has 0 spiro atoms. The maximum Gasteiger partial charge on any atom is 0.223 e. The van der Waals surface area contributed by atoms with Crippen LogP contribution in [-0.4, -0.2) is 27.2 Å². The average molecular weight is 266 g/mol. The third kappa shape index (κ3) is 2.70. The van der Waals surface area contributed by atoms with Crippen molar-refractivity contribution < 1.29 is 5.11 Å². The molecule has 0 radical (unpaired) electrons. The Labute approximate surface area is 110 Å². The fourth-order valence-corrected chi connectivity index (χ4v) is 2.48. The molecule has 0 fully saturated rings. The van der Waals surface area contributed by atoms with Gasteiger partial charge in [0, 0.05) is 11.4 Å². The quantitative estimate of drug-likeness (QED) is 0.789. The van der Waals surface area contributed by atoms with Crippen LogP contribution < -0.4 is 11.1 Å². The van der Waals surface area contributed by atoms with Crippen molar-refractivity contribution >= 4 is 33.3 Å². The number of thiophene rings is 1. The minimum atomic E-state index is -0.753. The van der Waals surface area contributed by atoms with E-state index in [4.69, 9.17) is 5.73 Å². The summed E-state index contributed by atoms with van der Waals surface area (Å²) < 4.78 is 0. The lowest BCUT2D eigenvalue weighted by atomic mass is 10.0. The topological polar surface area (TPSA) is 84.1 Å². The van der Waals surface area contributed by atoms with Crippen LogP contribution in [0.5, 0.6) is 0 Å². The van der Waals surface area contributed by atoms with Gasteiger partial charge in [-0.25, -0.2) is 4.98 Å². The third-order valence-corrected chi connectivity index (χ3v) is 3.88. The molecule has 0 aromatic carbocycles. The van der Waals surface area contributed by atoms with Crippen molar-refractivity contribution in [1.82, 2.24) is 9.97 Å². The predicted molar refractivity (Wildman–Crippen MR) is 76.0 cm³/mol. The van der Waals surface area contributed by atoms with Crippen molar-refractivity contribution in [2.75, 3.05) is 17.6 Å². The van der Waals surface area contributed by atoms with Gasteiger partial charge >= 0.3 is 0 Å². The van der Waals surface area contributed by atoms with Crippen LogP contribution in [0.15, 0.2) is 6.07 Å². The van der Waals surface area contributed by atoms with Gasteiger partial charge in [-0.05, 0) is 26.3 Å². The van der Waals surface area contributed by atoms with E-state index in [1.165, 1.54) is 0 Å². The van der Waals surface area contributed by atoms with Crippen molar-refractivity contribution in [3.8, 4) is 0 Å². The summed E-state index contributed by atoms with van der Waals surface area (Å²) in [5.74, 6) is 0.943. The fourth-order valence-electron chi connectivity index (χ4n) is 1.59. The Bertz CT molecular complexity index is 564. The Morgan fingerprint density at radius 3 is 2.89 bits per heavy atom. The molecule has 2 aromatic rings. The molecule has 0 amide bonds. The SMILES string of the molecule is CCC(C)(O)CNc1nc(N)nc2sc(C)cc12. The number of aryl methyl sites for hydroxylation is 1. The van der Waals surface area contributed by atoms with Gasteiger partial charge in [0.2, 0.25) is 5.95 Å². The Hall–Kier alpha value is -1.40. The standard InChI is InChI=1S/C12H18N4OS/c1-4-12(3,17)6-14-9-8-5-7(2)18-10(8)16-11(13)15-9/h5,17H,4,6H2,1-3H3,(H3,13,14,15,16). The first-order valence-electron chi connectivity index (χ1n) is 5.91. The molecule has 18 heavy (non-hydrogen) atoms. The fraction of sp³-hybridized carbons (Fsp3) is 0.500. The Morgan fingerprint density at radius 1 is 1.50 bits per heavy atom. The molecule has 5 nitrogen and oxygen atoms in total. The zero-order valence-electron chi connectivity index (χ0n) is 10.8. The number of nitrogen functional groups attached to an aromatic ring is 1. The normalized spacial score (nSPS) is 14.7. The molecule has 0 aliphatic carbocycles. The largest absolute Gasteiger partial charge is 0.388 e. The number of hydrogen-bond donors (Lipinski definition) is 3. The van der Waals surface area contributed by atoms with Gasteiger partial charge in [0.15, 0.2) is 0 Å². The molecule has 0 saturated carbocycles. The Balaban J connectivity index is 2.32. The van der Waals surface area contributed by atoms with Crippen molar-refractivity contribution in [2.24, 2.45) is 0 Å². The number of anilines is 2. The van der Waals surface area contributed by atoms with E-state index < -0.39 is 5.60 Å². The first kappa shape index (κ1) is 13.0. The highest BCUT2D eigenvalue weighted by Crippen LogP contribution is 2.29. The summed E-state index contributed by atoms with van der Waals surface area (Å²) in [6, 6.07) is 2.03. The smallest absolute Gasteiger partial charge is 0.223 e. The second-order valence-electron chi connectivity index (χ2n) is 4.71. The number of aliphatic hydroxyl groups is 1. The second kappa shape index (κ2) is 4.70. The maximum atomic E-state index is 10.00. The van der Waals surface area contributed by atoms with Crippen LogP contribution in [0.2, 0.25) is 0 Å². The molecule has 0 bridgehead atoms. The number of nitrogens with two attached hydrogens (primary N) is 1. The number of nitrogens with zero attached hydrogens (tertiary/aromatic N) is 2. The third-order valence-electron chi connectivity index (χ3n) is 2.93. The van der Waals surface area contributed by atoms with Gasteiger partial charge in [0.05, 0.1) is 11.0 Å². The zero-order chi connectivity index (χ0) is 13.3. The van der Waals surface area contributed by atoms with Crippen LogP contribution in [0.4, 0.5) is 11.8 Å². The van der Waals surface area contributed by atoms with Crippen LogP contribution >= 0.6 is 11.3 Å². The lowest BCUT2D eigenvalue weighted by molar-refractivity contribution is 0.0697. The van der Waals surface area contributed by atoms with Gasteiger partial charge < -0.3 is 16.2 Å². The van der Waals surface area contributed by atoms with E-state index in [9.17, 15) is 5.11 Å². The maximum absolute atomic E-state index is 10.00. The average Bonchev–Trinajstić information content (AvgIpc) is 2.66. The highest BCUT2D eigenvalue weighted by molar-refractivity contribution is 7.18. The van der Waals surface area contributed by atoms with Crippen molar-refractivity contribution in [3.05, 3.63) is 10.9 Å². The molecule has 2 aromatic heterocycles. The lowest BCUT2D eigenvalue weighted by Gasteiger charge is -2.22. The molecule has 0 saturated heterocycles. The molecule has 2 heterocycles. The van der Waals surface area contributed by atoms with E-state index in [-0.39, 0.29) is 5.95 Å². The highest BCUT2D eigenvalue weighted by Gasteiger charge is 2.18. The molecule has 98 valence electrons. The lowest BCUT2D eigenvalue weighted by Crippen LogP contribution is -2.32. The summed E-state index contributed by atoms with van der Waals surface area (Å²) >= 11 is 1.59. The zero-order valence-corrected chi connectivity index (χ0v) is 11.6. The van der Waals surface area contributed by atoms with Crippen LogP contribution in [-0.2, 0) is 0 Å². The minimum Gasteiger partial charge on any atom is -0.388 e. The first-order chi connectivity index (χ1) is 8.41. The summed E-state index contributed by atoms with van der Waals surface area (Å²) in [6.45, 7) is 6.19. The minimum absolute atomic E-state index is 0.253. The summed E-state index contributed by atoms with van der Waals surface area (Å²) in [5, 5.41) is 14.1. The molecular formula is C12H18N4OS. The van der Waals surface area contributed by atoms with E-state index in [1.54, 1.807) is 18.3 Å². The summed E-state index contributed by atoms with van der Waals surface area (Å²) in [6.07, 6.45) is 0.673. The van der Waals surface area contributed by atoms with Gasteiger partial charge in [-0.1, -0.05) is 6.92 Å². The molecule has 0 aliphatic heterocycles. The number of hydrogen-bond acceptors (Lipinski definition) is 6. The van der Waals surface area contributed by atoms with Crippen LogP contribution in [0.3, 0.4) is 0 Å². The van der Waals surface area contributed by atoms with Gasteiger partial charge in [0.1, 0.15) is 10.6 Å². The number of rotatable bonds is 4. The number of aromatic nitrogens is 2. The van der Waals surface area contributed by atoms with E-state index >= 15 is 0 Å². The van der Waals surface area contributed by atoms with Crippen molar-refractivity contribution in [2.45, 2.75) is 32.8 Å². The second-order valence-corrected chi connectivity index (χ2v) is 5.95. The number of nitrogens with one attached hydrogen (secondary N) is 1. The monoisotopic (exact) mass is 266 g/mol. The van der Waals surface area contributed by atoms with E-state index in [0.29, 0.717) is 18.8 Å². The summed E-state index contributed by atoms with van der Waals surface area (Å²) in [4.78, 5) is 10.4. The molecular weight excluding hydrogens is 248 g/mol. The number of fused-ring (bicyclic) bond motifs is 1.